The number of allylic oxidation sites excluding steroid dienone is 1. The van der Waals surface area contributed by atoms with Crippen LogP contribution in [0.2, 0.25) is 0 Å². The lowest BCUT2D eigenvalue weighted by Gasteiger charge is -2.19. The predicted molar refractivity (Wildman–Crippen MR) is 43.1 cm³/mol. The number of hydrogen-bond donors (Lipinski definition) is 3. The van der Waals surface area contributed by atoms with Gasteiger partial charge in [-0.15, -0.1) is 6.58 Å². The predicted octanol–water partition coefficient (Wildman–Crippen LogP) is -0.228. The highest BCUT2D eigenvalue weighted by Crippen LogP contribution is 2.14. The van der Waals surface area contributed by atoms with Crippen molar-refractivity contribution in [3.63, 3.8) is 0 Å². The van der Waals surface area contributed by atoms with Gasteiger partial charge in [-0.05, 0) is 12.3 Å². The molecule has 0 aliphatic heterocycles. The Morgan fingerprint density at radius 1 is 1.00 bits per heavy atom. The highest BCUT2D eigenvalue weighted by Gasteiger charge is 2.17. The third kappa shape index (κ3) is 3.51. The number of aliphatic hydroxyl groups excluding tert-OH is 3. The van der Waals surface area contributed by atoms with E-state index in [1.165, 1.54) is 0 Å². The topological polar surface area (TPSA) is 60.7 Å². The van der Waals surface area contributed by atoms with Gasteiger partial charge in [-0.1, -0.05) is 6.08 Å². The molecule has 0 aromatic carbocycles. The van der Waals surface area contributed by atoms with E-state index >= 15 is 0 Å². The fourth-order valence-electron chi connectivity index (χ4n) is 0.986. The summed E-state index contributed by atoms with van der Waals surface area (Å²) in [4.78, 5) is 0. The molecule has 0 fully saturated rings. The average Bonchev–Trinajstić information content (AvgIpc) is 2.05. The molecule has 0 spiro atoms. The van der Waals surface area contributed by atoms with Gasteiger partial charge in [0.15, 0.2) is 0 Å². The Hall–Kier alpha value is -0.380. The van der Waals surface area contributed by atoms with Gasteiger partial charge in [-0.2, -0.15) is 0 Å². The Kier molecular flexibility index (Phi) is 6.12. The number of hydrogen-bond acceptors (Lipinski definition) is 3. The molecular formula is C8H16O3. The summed E-state index contributed by atoms with van der Waals surface area (Å²) in [5.41, 5.74) is 0. The van der Waals surface area contributed by atoms with Crippen molar-refractivity contribution in [3.05, 3.63) is 12.7 Å². The minimum absolute atomic E-state index is 0.0161. The molecule has 0 rings (SSSR count). The van der Waals surface area contributed by atoms with Crippen molar-refractivity contribution in [1.29, 1.82) is 0 Å². The van der Waals surface area contributed by atoms with Crippen molar-refractivity contribution in [2.45, 2.75) is 6.42 Å². The maximum absolute atomic E-state index is 8.82. The van der Waals surface area contributed by atoms with Gasteiger partial charge in [0.05, 0.1) is 0 Å². The van der Waals surface area contributed by atoms with E-state index in [4.69, 9.17) is 15.3 Å². The molecule has 0 amide bonds. The maximum atomic E-state index is 8.82. The fourth-order valence-corrected chi connectivity index (χ4v) is 0.986. The Bertz CT molecular complexity index is 99.5. The lowest BCUT2D eigenvalue weighted by atomic mass is 9.91. The summed E-state index contributed by atoms with van der Waals surface area (Å²) < 4.78 is 0. The van der Waals surface area contributed by atoms with Crippen molar-refractivity contribution in [1.82, 2.24) is 0 Å². The monoisotopic (exact) mass is 160 g/mol. The van der Waals surface area contributed by atoms with E-state index in [0.717, 1.165) is 0 Å². The second-order valence-corrected chi connectivity index (χ2v) is 2.59. The highest BCUT2D eigenvalue weighted by atomic mass is 16.3. The standard InChI is InChI=1S/C8H16O3/c1-2-3-7(4-9)8(5-10)6-11/h2,7-11H,1,3-6H2. The van der Waals surface area contributed by atoms with E-state index in [9.17, 15) is 0 Å². The lowest BCUT2D eigenvalue weighted by molar-refractivity contribution is 0.0747. The molecule has 1 atom stereocenters. The third-order valence-electron chi connectivity index (χ3n) is 1.84. The molecule has 0 aliphatic rings. The Morgan fingerprint density at radius 3 is 1.73 bits per heavy atom. The van der Waals surface area contributed by atoms with Crippen LogP contribution in [-0.4, -0.2) is 35.1 Å². The molecule has 0 aromatic rings. The van der Waals surface area contributed by atoms with Gasteiger partial charge in [0.1, 0.15) is 0 Å². The quantitative estimate of drug-likeness (QED) is 0.470. The van der Waals surface area contributed by atoms with Crippen LogP contribution >= 0.6 is 0 Å². The van der Waals surface area contributed by atoms with E-state index < -0.39 is 0 Å². The van der Waals surface area contributed by atoms with Crippen LogP contribution in [0.1, 0.15) is 6.42 Å². The smallest absolute Gasteiger partial charge is 0.0484 e. The molecule has 0 bridgehead atoms. The van der Waals surface area contributed by atoms with Crippen LogP contribution in [0.25, 0.3) is 0 Å². The average molecular weight is 160 g/mol. The maximum Gasteiger partial charge on any atom is 0.0484 e. The molecule has 3 nitrogen and oxygen atoms in total. The van der Waals surface area contributed by atoms with Crippen molar-refractivity contribution in [2.75, 3.05) is 19.8 Å². The van der Waals surface area contributed by atoms with Crippen molar-refractivity contribution < 1.29 is 15.3 Å². The van der Waals surface area contributed by atoms with Crippen molar-refractivity contribution >= 4 is 0 Å². The Labute approximate surface area is 67.0 Å². The molecule has 0 radical (unpaired) electrons. The van der Waals surface area contributed by atoms with Gasteiger partial charge in [0, 0.05) is 25.7 Å². The third-order valence-corrected chi connectivity index (χ3v) is 1.84. The van der Waals surface area contributed by atoms with Crippen molar-refractivity contribution in [3.8, 4) is 0 Å². The van der Waals surface area contributed by atoms with Gasteiger partial charge in [-0.25, -0.2) is 0 Å². The van der Waals surface area contributed by atoms with Crippen LogP contribution in [0.15, 0.2) is 12.7 Å². The molecule has 0 heterocycles. The van der Waals surface area contributed by atoms with Gasteiger partial charge < -0.3 is 15.3 Å². The summed E-state index contributed by atoms with van der Waals surface area (Å²) in [6, 6.07) is 0. The lowest BCUT2D eigenvalue weighted by Crippen LogP contribution is -2.24. The second-order valence-electron chi connectivity index (χ2n) is 2.59. The summed E-state index contributed by atoms with van der Waals surface area (Å²) in [5, 5.41) is 26.3. The summed E-state index contributed by atoms with van der Waals surface area (Å²) in [6.45, 7) is 3.33. The first-order chi connectivity index (χ1) is 5.29. The molecule has 3 N–H and O–H groups in total. The van der Waals surface area contributed by atoms with Crippen LogP contribution < -0.4 is 0 Å². The van der Waals surface area contributed by atoms with E-state index in [2.05, 4.69) is 6.58 Å². The molecule has 0 saturated heterocycles. The molecule has 0 saturated carbocycles. The summed E-state index contributed by atoms with van der Waals surface area (Å²) in [5.74, 6) is -0.291. The van der Waals surface area contributed by atoms with Gasteiger partial charge in [0.2, 0.25) is 0 Å². The minimum atomic E-state index is -0.224. The van der Waals surface area contributed by atoms with E-state index in [0.29, 0.717) is 6.42 Å². The zero-order chi connectivity index (χ0) is 8.69. The fraction of sp³-hybridized carbons (Fsp3) is 0.750. The van der Waals surface area contributed by atoms with Gasteiger partial charge >= 0.3 is 0 Å². The van der Waals surface area contributed by atoms with E-state index in [1.54, 1.807) is 6.08 Å². The molecular weight excluding hydrogens is 144 g/mol. The molecule has 66 valence electrons. The zero-order valence-electron chi connectivity index (χ0n) is 6.61. The van der Waals surface area contributed by atoms with Gasteiger partial charge in [-0.3, -0.25) is 0 Å². The molecule has 0 aromatic heterocycles. The van der Waals surface area contributed by atoms with Crippen LogP contribution in [0.4, 0.5) is 0 Å². The summed E-state index contributed by atoms with van der Waals surface area (Å²) in [6.07, 6.45) is 2.31. The van der Waals surface area contributed by atoms with Crippen LogP contribution in [0.5, 0.6) is 0 Å². The molecule has 11 heavy (non-hydrogen) atoms. The summed E-state index contributed by atoms with van der Waals surface area (Å²) >= 11 is 0. The minimum Gasteiger partial charge on any atom is -0.396 e. The highest BCUT2D eigenvalue weighted by molar-refractivity contribution is 4.77. The first kappa shape index (κ1) is 10.6. The Morgan fingerprint density at radius 2 is 1.45 bits per heavy atom. The van der Waals surface area contributed by atoms with Gasteiger partial charge in [0.25, 0.3) is 0 Å². The SMILES string of the molecule is C=CCC(CO)C(CO)CO. The first-order valence-corrected chi connectivity index (χ1v) is 3.73. The van der Waals surface area contributed by atoms with E-state index in [-0.39, 0.29) is 31.7 Å². The van der Waals surface area contributed by atoms with Crippen molar-refractivity contribution in [2.24, 2.45) is 11.8 Å². The largest absolute Gasteiger partial charge is 0.396 e. The first-order valence-electron chi connectivity index (χ1n) is 3.73. The summed E-state index contributed by atoms with van der Waals surface area (Å²) in [7, 11) is 0. The van der Waals surface area contributed by atoms with Crippen LogP contribution in [0.3, 0.4) is 0 Å². The molecule has 0 aliphatic carbocycles. The second kappa shape index (κ2) is 6.34. The Balaban J connectivity index is 3.85. The van der Waals surface area contributed by atoms with E-state index in [1.807, 2.05) is 0 Å². The normalized spacial score (nSPS) is 13.5. The number of rotatable bonds is 6. The molecule has 1 unspecified atom stereocenters. The van der Waals surface area contributed by atoms with Crippen LogP contribution in [0, 0.1) is 11.8 Å². The zero-order valence-corrected chi connectivity index (χ0v) is 6.61. The molecule has 3 heteroatoms. The number of aliphatic hydroxyl groups is 3. The van der Waals surface area contributed by atoms with Crippen LogP contribution in [-0.2, 0) is 0 Å².